The normalized spacial score (nSPS) is 10.5. The van der Waals surface area contributed by atoms with Crippen molar-refractivity contribution < 1.29 is 9.59 Å². The van der Waals surface area contributed by atoms with Crippen molar-refractivity contribution in [1.29, 1.82) is 5.26 Å². The minimum Gasteiger partial charge on any atom is -0.325 e. The Kier molecular flexibility index (Phi) is 6.85. The second kappa shape index (κ2) is 9.74. The molecule has 0 unspecified atom stereocenters. The molecule has 0 saturated heterocycles. The number of aromatic nitrogens is 1. The minimum absolute atomic E-state index is 0.00510. The first-order chi connectivity index (χ1) is 14.9. The molecule has 158 valence electrons. The van der Waals surface area contributed by atoms with E-state index in [0.29, 0.717) is 17.1 Å². The van der Waals surface area contributed by atoms with Gasteiger partial charge in [0.1, 0.15) is 11.9 Å². The highest BCUT2D eigenvalue weighted by molar-refractivity contribution is 5.95. The number of nitriles is 1. The molecule has 0 aliphatic carbocycles. The fourth-order valence-electron chi connectivity index (χ4n) is 3.40. The average Bonchev–Trinajstić information content (AvgIpc) is 2.98. The van der Waals surface area contributed by atoms with Crippen molar-refractivity contribution in [3.05, 3.63) is 77.5 Å². The summed E-state index contributed by atoms with van der Waals surface area (Å²) >= 11 is 0. The fourth-order valence-corrected chi connectivity index (χ4v) is 3.40. The van der Waals surface area contributed by atoms with Crippen LogP contribution in [0.15, 0.2) is 60.7 Å². The van der Waals surface area contributed by atoms with Crippen LogP contribution in [0.5, 0.6) is 0 Å². The Bertz CT molecular complexity index is 1110. The molecule has 7 heteroatoms. The lowest BCUT2D eigenvalue weighted by molar-refractivity contribution is -0.119. The van der Waals surface area contributed by atoms with Crippen LogP contribution in [0.3, 0.4) is 0 Å². The van der Waals surface area contributed by atoms with Gasteiger partial charge in [-0.15, -0.1) is 0 Å². The van der Waals surface area contributed by atoms with Crippen molar-refractivity contribution in [2.24, 2.45) is 0 Å². The van der Waals surface area contributed by atoms with E-state index in [1.165, 1.54) is 0 Å². The van der Waals surface area contributed by atoms with Crippen LogP contribution in [0.4, 0.5) is 11.5 Å². The molecule has 2 aromatic carbocycles. The summed E-state index contributed by atoms with van der Waals surface area (Å²) in [5, 5.41) is 15.3. The van der Waals surface area contributed by atoms with E-state index in [-0.39, 0.29) is 24.9 Å². The second-order valence-electron chi connectivity index (χ2n) is 7.35. The first-order valence-electron chi connectivity index (χ1n) is 9.91. The molecule has 0 radical (unpaired) electrons. The SMILES string of the molecule is Cc1c(C#N)c(NC(=O)CN(C)CC(=O)Nc2ccccc2)n(-c2ccccc2)c1C. The Hall–Kier alpha value is -3.89. The summed E-state index contributed by atoms with van der Waals surface area (Å²) in [6, 6.07) is 20.9. The summed E-state index contributed by atoms with van der Waals surface area (Å²) in [5.74, 6) is -0.0735. The van der Waals surface area contributed by atoms with Gasteiger partial charge in [0, 0.05) is 17.1 Å². The van der Waals surface area contributed by atoms with E-state index in [2.05, 4.69) is 16.7 Å². The number of likely N-dealkylation sites (N-methyl/N-ethyl adjacent to an activating group) is 1. The van der Waals surface area contributed by atoms with Gasteiger partial charge in [-0.2, -0.15) is 5.26 Å². The molecule has 1 heterocycles. The third-order valence-electron chi connectivity index (χ3n) is 4.98. The van der Waals surface area contributed by atoms with Gasteiger partial charge in [-0.05, 0) is 50.7 Å². The molecule has 31 heavy (non-hydrogen) atoms. The molecule has 2 amide bonds. The largest absolute Gasteiger partial charge is 0.325 e. The summed E-state index contributed by atoms with van der Waals surface area (Å²) in [5.41, 5.74) is 3.69. The molecular formula is C24H25N5O2. The van der Waals surface area contributed by atoms with Gasteiger partial charge in [0.05, 0.1) is 18.7 Å². The Morgan fingerprint density at radius 2 is 1.48 bits per heavy atom. The van der Waals surface area contributed by atoms with Crippen molar-refractivity contribution in [2.75, 3.05) is 30.8 Å². The van der Waals surface area contributed by atoms with E-state index in [4.69, 9.17) is 0 Å². The zero-order chi connectivity index (χ0) is 22.4. The third-order valence-corrected chi connectivity index (χ3v) is 4.98. The molecule has 1 aromatic heterocycles. The molecule has 0 bridgehead atoms. The molecule has 2 N–H and O–H groups in total. The standard InChI is InChI=1S/C24H25N5O2/c1-17-18(2)29(20-12-8-5-9-13-20)24(21(17)14-25)27-23(31)16-28(3)15-22(30)26-19-10-6-4-7-11-19/h4-13H,15-16H2,1-3H3,(H,26,30)(H,27,31). The molecule has 0 fully saturated rings. The molecule has 0 saturated carbocycles. The van der Waals surface area contributed by atoms with E-state index in [1.54, 1.807) is 24.1 Å². The maximum atomic E-state index is 12.7. The average molecular weight is 415 g/mol. The van der Waals surface area contributed by atoms with Gasteiger partial charge in [-0.1, -0.05) is 36.4 Å². The first-order valence-corrected chi connectivity index (χ1v) is 9.91. The Labute approximate surface area is 181 Å². The van der Waals surface area contributed by atoms with Gasteiger partial charge in [0.25, 0.3) is 0 Å². The number of hydrogen-bond acceptors (Lipinski definition) is 4. The predicted octanol–water partition coefficient (Wildman–Crippen LogP) is 3.47. The Balaban J connectivity index is 1.71. The topological polar surface area (TPSA) is 90.2 Å². The lowest BCUT2D eigenvalue weighted by Gasteiger charge is -2.17. The highest BCUT2D eigenvalue weighted by Gasteiger charge is 2.21. The van der Waals surface area contributed by atoms with Gasteiger partial charge in [-0.25, -0.2) is 0 Å². The Morgan fingerprint density at radius 1 is 0.935 bits per heavy atom. The lowest BCUT2D eigenvalue weighted by Crippen LogP contribution is -2.36. The van der Waals surface area contributed by atoms with E-state index >= 15 is 0 Å². The maximum Gasteiger partial charge on any atom is 0.239 e. The number of benzene rings is 2. The van der Waals surface area contributed by atoms with Gasteiger partial charge in [0.2, 0.25) is 11.8 Å². The van der Waals surface area contributed by atoms with E-state index in [1.807, 2.05) is 66.9 Å². The minimum atomic E-state index is -0.304. The molecule has 7 nitrogen and oxygen atoms in total. The van der Waals surface area contributed by atoms with Crippen molar-refractivity contribution >= 4 is 23.3 Å². The van der Waals surface area contributed by atoms with Gasteiger partial charge < -0.3 is 10.6 Å². The van der Waals surface area contributed by atoms with Crippen LogP contribution in [-0.2, 0) is 9.59 Å². The summed E-state index contributed by atoms with van der Waals surface area (Å²) in [4.78, 5) is 26.6. The van der Waals surface area contributed by atoms with Gasteiger partial charge in [-0.3, -0.25) is 19.1 Å². The van der Waals surface area contributed by atoms with Crippen LogP contribution in [0.25, 0.3) is 5.69 Å². The zero-order valence-electron chi connectivity index (χ0n) is 17.8. The molecule has 3 aromatic rings. The number of nitrogens with zero attached hydrogens (tertiary/aromatic N) is 3. The van der Waals surface area contributed by atoms with Crippen LogP contribution in [0.2, 0.25) is 0 Å². The highest BCUT2D eigenvalue weighted by atomic mass is 16.2. The van der Waals surface area contributed by atoms with Crippen molar-refractivity contribution in [3.63, 3.8) is 0 Å². The Morgan fingerprint density at radius 3 is 2.06 bits per heavy atom. The van der Waals surface area contributed by atoms with E-state index in [0.717, 1.165) is 16.9 Å². The summed E-state index contributed by atoms with van der Waals surface area (Å²) in [6.45, 7) is 3.85. The lowest BCUT2D eigenvalue weighted by atomic mass is 10.2. The van der Waals surface area contributed by atoms with Crippen LogP contribution in [0.1, 0.15) is 16.8 Å². The molecule has 0 spiro atoms. The molecule has 0 aliphatic rings. The molecular weight excluding hydrogens is 390 g/mol. The number of carbonyl (C=O) groups is 2. The number of anilines is 2. The first kappa shape index (κ1) is 21.8. The van der Waals surface area contributed by atoms with Crippen molar-refractivity contribution in [2.45, 2.75) is 13.8 Å². The van der Waals surface area contributed by atoms with Crippen molar-refractivity contribution in [1.82, 2.24) is 9.47 Å². The third kappa shape index (κ3) is 5.18. The summed E-state index contributed by atoms with van der Waals surface area (Å²) in [7, 11) is 1.70. The molecule has 0 atom stereocenters. The van der Waals surface area contributed by atoms with E-state index < -0.39 is 0 Å². The van der Waals surface area contributed by atoms with Gasteiger partial charge >= 0.3 is 0 Å². The number of carbonyl (C=O) groups excluding carboxylic acids is 2. The number of hydrogen-bond donors (Lipinski definition) is 2. The quantitative estimate of drug-likeness (QED) is 0.618. The van der Waals surface area contributed by atoms with Crippen LogP contribution < -0.4 is 10.6 Å². The number of amides is 2. The fraction of sp³-hybridized carbons (Fsp3) is 0.208. The number of nitrogens with one attached hydrogen (secondary N) is 2. The number of para-hydroxylation sites is 2. The summed E-state index contributed by atoms with van der Waals surface area (Å²) in [6.07, 6.45) is 0. The second-order valence-corrected chi connectivity index (χ2v) is 7.35. The van der Waals surface area contributed by atoms with Crippen LogP contribution in [0, 0.1) is 25.2 Å². The van der Waals surface area contributed by atoms with Gasteiger partial charge in [0.15, 0.2) is 0 Å². The highest BCUT2D eigenvalue weighted by Crippen LogP contribution is 2.29. The maximum absolute atomic E-state index is 12.7. The zero-order valence-corrected chi connectivity index (χ0v) is 17.8. The van der Waals surface area contributed by atoms with Crippen LogP contribution >= 0.6 is 0 Å². The molecule has 0 aliphatic heterocycles. The summed E-state index contributed by atoms with van der Waals surface area (Å²) < 4.78 is 1.87. The van der Waals surface area contributed by atoms with E-state index in [9.17, 15) is 14.9 Å². The monoisotopic (exact) mass is 415 g/mol. The predicted molar refractivity (Wildman–Crippen MR) is 121 cm³/mol. The van der Waals surface area contributed by atoms with Crippen LogP contribution in [-0.4, -0.2) is 41.4 Å². The molecule has 3 rings (SSSR count). The smallest absolute Gasteiger partial charge is 0.239 e. The number of rotatable bonds is 7. The van der Waals surface area contributed by atoms with Crippen molar-refractivity contribution in [3.8, 4) is 11.8 Å².